The van der Waals surface area contributed by atoms with Crippen molar-refractivity contribution < 1.29 is 19.1 Å². The normalized spacial score (nSPS) is 10.3. The van der Waals surface area contributed by atoms with E-state index in [4.69, 9.17) is 4.74 Å². The zero-order valence-electron chi connectivity index (χ0n) is 15.0. The van der Waals surface area contributed by atoms with E-state index in [-0.39, 0.29) is 17.9 Å². The number of benzene rings is 2. The molecule has 2 aromatic carbocycles. The van der Waals surface area contributed by atoms with Crippen LogP contribution in [0.25, 0.3) is 0 Å². The minimum absolute atomic E-state index is 0.0445. The molecular weight excluding hydrogens is 332 g/mol. The van der Waals surface area contributed by atoms with Crippen molar-refractivity contribution in [2.45, 2.75) is 26.8 Å². The fraction of sp³-hybridized carbons (Fsp3) is 0.250. The number of hydrogen-bond acceptors (Lipinski definition) is 4. The van der Waals surface area contributed by atoms with E-state index in [2.05, 4.69) is 10.6 Å². The highest BCUT2D eigenvalue weighted by Crippen LogP contribution is 2.13. The molecule has 0 bridgehead atoms. The molecule has 0 saturated heterocycles. The summed E-state index contributed by atoms with van der Waals surface area (Å²) >= 11 is 0. The Balaban J connectivity index is 2.01. The molecule has 0 spiro atoms. The largest absolute Gasteiger partial charge is 0.462 e. The Morgan fingerprint density at radius 3 is 1.85 bits per heavy atom. The Morgan fingerprint density at radius 1 is 0.846 bits per heavy atom. The molecule has 2 amide bonds. The number of amides is 2. The molecule has 6 nitrogen and oxygen atoms in total. The average molecular weight is 354 g/mol. The molecule has 0 fully saturated rings. The van der Waals surface area contributed by atoms with Gasteiger partial charge in [-0.3, -0.25) is 9.59 Å². The maximum absolute atomic E-state index is 12.3. The number of carbonyl (C=O) groups is 3. The fourth-order valence-electron chi connectivity index (χ4n) is 2.23. The lowest BCUT2D eigenvalue weighted by Gasteiger charge is -2.09. The van der Waals surface area contributed by atoms with Gasteiger partial charge >= 0.3 is 5.97 Å². The SMILES string of the molecule is CCOC(=O)c1ccc(NC(=O)c2ccc(C(=O)NC(C)C)cc2)cc1. The van der Waals surface area contributed by atoms with E-state index in [9.17, 15) is 14.4 Å². The molecule has 26 heavy (non-hydrogen) atoms. The third kappa shape index (κ3) is 5.17. The molecule has 136 valence electrons. The minimum atomic E-state index is -0.402. The molecule has 2 rings (SSSR count). The first kappa shape index (κ1) is 19.2. The summed E-state index contributed by atoms with van der Waals surface area (Å²) in [6.07, 6.45) is 0. The average Bonchev–Trinajstić information content (AvgIpc) is 2.62. The van der Waals surface area contributed by atoms with E-state index in [0.29, 0.717) is 29.0 Å². The van der Waals surface area contributed by atoms with Gasteiger partial charge in [0, 0.05) is 22.9 Å². The summed E-state index contributed by atoms with van der Waals surface area (Å²) in [5, 5.41) is 5.54. The predicted molar refractivity (Wildman–Crippen MR) is 99.4 cm³/mol. The van der Waals surface area contributed by atoms with Crippen LogP contribution in [0.1, 0.15) is 51.8 Å². The topological polar surface area (TPSA) is 84.5 Å². The maximum Gasteiger partial charge on any atom is 0.338 e. The number of ether oxygens (including phenoxy) is 1. The number of rotatable bonds is 6. The van der Waals surface area contributed by atoms with Gasteiger partial charge in [0.2, 0.25) is 0 Å². The molecule has 0 heterocycles. The first-order valence-corrected chi connectivity index (χ1v) is 8.40. The zero-order chi connectivity index (χ0) is 19.1. The van der Waals surface area contributed by atoms with E-state index in [1.54, 1.807) is 55.5 Å². The summed E-state index contributed by atoms with van der Waals surface area (Å²) in [5.41, 5.74) is 1.91. The Kier molecular flexibility index (Phi) is 6.49. The third-order valence-electron chi connectivity index (χ3n) is 3.48. The minimum Gasteiger partial charge on any atom is -0.462 e. The maximum atomic E-state index is 12.3. The van der Waals surface area contributed by atoms with Crippen LogP contribution in [0.3, 0.4) is 0 Å². The quantitative estimate of drug-likeness (QED) is 0.780. The first-order valence-electron chi connectivity index (χ1n) is 8.40. The van der Waals surface area contributed by atoms with Crippen LogP contribution in [0.5, 0.6) is 0 Å². The van der Waals surface area contributed by atoms with Crippen LogP contribution in [0.15, 0.2) is 48.5 Å². The fourth-order valence-corrected chi connectivity index (χ4v) is 2.23. The molecular formula is C20H22N2O4. The molecule has 0 radical (unpaired) electrons. The van der Waals surface area contributed by atoms with Crippen LogP contribution in [-0.2, 0) is 4.74 Å². The van der Waals surface area contributed by atoms with Crippen molar-refractivity contribution in [1.29, 1.82) is 0 Å². The number of carbonyl (C=O) groups excluding carboxylic acids is 3. The molecule has 0 atom stereocenters. The predicted octanol–water partition coefficient (Wildman–Crippen LogP) is 3.25. The third-order valence-corrected chi connectivity index (χ3v) is 3.48. The van der Waals surface area contributed by atoms with Crippen molar-refractivity contribution >= 4 is 23.5 Å². The highest BCUT2D eigenvalue weighted by atomic mass is 16.5. The Hall–Kier alpha value is -3.15. The summed E-state index contributed by atoms with van der Waals surface area (Å²) in [6.45, 7) is 5.81. The number of esters is 1. The van der Waals surface area contributed by atoms with Crippen LogP contribution in [-0.4, -0.2) is 30.4 Å². The molecule has 0 aliphatic rings. The van der Waals surface area contributed by atoms with Gasteiger partial charge in [-0.1, -0.05) is 0 Å². The van der Waals surface area contributed by atoms with Gasteiger partial charge < -0.3 is 15.4 Å². The van der Waals surface area contributed by atoms with Crippen LogP contribution >= 0.6 is 0 Å². The molecule has 0 aromatic heterocycles. The summed E-state index contributed by atoms with van der Waals surface area (Å²) in [6, 6.07) is 12.9. The molecule has 0 saturated carbocycles. The monoisotopic (exact) mass is 354 g/mol. The van der Waals surface area contributed by atoms with Crippen molar-refractivity contribution in [3.05, 3.63) is 65.2 Å². The van der Waals surface area contributed by atoms with Gasteiger partial charge in [0.1, 0.15) is 0 Å². The summed E-state index contributed by atoms with van der Waals surface area (Å²) in [5.74, 6) is -0.883. The van der Waals surface area contributed by atoms with Crippen LogP contribution in [0.2, 0.25) is 0 Å². The lowest BCUT2D eigenvalue weighted by molar-refractivity contribution is 0.0526. The second kappa shape index (κ2) is 8.80. The molecule has 2 N–H and O–H groups in total. The van der Waals surface area contributed by atoms with Crippen molar-refractivity contribution in [3.63, 3.8) is 0 Å². The Bertz CT molecular complexity index is 780. The van der Waals surface area contributed by atoms with Crippen molar-refractivity contribution in [3.8, 4) is 0 Å². The van der Waals surface area contributed by atoms with Crippen molar-refractivity contribution in [2.75, 3.05) is 11.9 Å². The Morgan fingerprint density at radius 2 is 1.35 bits per heavy atom. The number of nitrogens with one attached hydrogen (secondary N) is 2. The second-order valence-corrected chi connectivity index (χ2v) is 5.96. The number of anilines is 1. The van der Waals surface area contributed by atoms with Crippen LogP contribution < -0.4 is 10.6 Å². The highest BCUT2D eigenvalue weighted by molar-refractivity contribution is 6.05. The molecule has 0 aliphatic heterocycles. The van der Waals surface area contributed by atoms with E-state index < -0.39 is 5.97 Å². The van der Waals surface area contributed by atoms with Gasteiger partial charge in [-0.15, -0.1) is 0 Å². The van der Waals surface area contributed by atoms with Crippen LogP contribution in [0.4, 0.5) is 5.69 Å². The van der Waals surface area contributed by atoms with Crippen molar-refractivity contribution in [1.82, 2.24) is 5.32 Å². The zero-order valence-corrected chi connectivity index (χ0v) is 15.0. The summed E-state index contributed by atoms with van der Waals surface area (Å²) < 4.78 is 4.91. The highest BCUT2D eigenvalue weighted by Gasteiger charge is 2.11. The van der Waals surface area contributed by atoms with Gasteiger partial charge in [-0.25, -0.2) is 4.79 Å². The van der Waals surface area contributed by atoms with Gasteiger partial charge in [0.25, 0.3) is 11.8 Å². The van der Waals surface area contributed by atoms with Gasteiger partial charge in [0.15, 0.2) is 0 Å². The molecule has 2 aromatic rings. The van der Waals surface area contributed by atoms with E-state index in [1.807, 2.05) is 13.8 Å². The van der Waals surface area contributed by atoms with E-state index >= 15 is 0 Å². The smallest absolute Gasteiger partial charge is 0.338 e. The lowest BCUT2D eigenvalue weighted by atomic mass is 10.1. The Labute approximate surface area is 152 Å². The lowest BCUT2D eigenvalue weighted by Crippen LogP contribution is -2.30. The number of hydrogen-bond donors (Lipinski definition) is 2. The molecule has 0 aliphatic carbocycles. The summed E-state index contributed by atoms with van der Waals surface area (Å²) in [4.78, 5) is 35.8. The molecule has 0 unspecified atom stereocenters. The second-order valence-electron chi connectivity index (χ2n) is 5.96. The van der Waals surface area contributed by atoms with E-state index in [1.165, 1.54) is 0 Å². The van der Waals surface area contributed by atoms with Gasteiger partial charge in [0.05, 0.1) is 12.2 Å². The van der Waals surface area contributed by atoms with E-state index in [0.717, 1.165) is 0 Å². The van der Waals surface area contributed by atoms with Gasteiger partial charge in [-0.05, 0) is 69.3 Å². The van der Waals surface area contributed by atoms with Gasteiger partial charge in [-0.2, -0.15) is 0 Å². The van der Waals surface area contributed by atoms with Crippen LogP contribution in [0, 0.1) is 0 Å². The van der Waals surface area contributed by atoms with Crippen molar-refractivity contribution in [2.24, 2.45) is 0 Å². The molecule has 6 heteroatoms. The summed E-state index contributed by atoms with van der Waals surface area (Å²) in [7, 11) is 0. The standard InChI is InChI=1S/C20H22N2O4/c1-4-26-20(25)16-9-11-17(12-10-16)22-19(24)15-7-5-14(6-8-15)18(23)21-13(2)3/h5-13H,4H2,1-3H3,(H,21,23)(H,22,24). The first-order chi connectivity index (χ1) is 12.4.